The Morgan fingerprint density at radius 2 is 1.97 bits per heavy atom. The van der Waals surface area contributed by atoms with Crippen LogP contribution in [0.4, 0.5) is 4.39 Å². The molecule has 0 aliphatic rings. The molecule has 1 aromatic carbocycles. The van der Waals surface area contributed by atoms with E-state index < -0.39 is 0 Å². The Labute approximate surface area is 189 Å². The van der Waals surface area contributed by atoms with Crippen molar-refractivity contribution < 1.29 is 9.18 Å². The van der Waals surface area contributed by atoms with E-state index in [4.69, 9.17) is 4.98 Å². The van der Waals surface area contributed by atoms with E-state index in [1.54, 1.807) is 17.4 Å². The molecule has 0 aliphatic heterocycles. The highest BCUT2D eigenvalue weighted by atomic mass is 32.1. The summed E-state index contributed by atoms with van der Waals surface area (Å²) in [6.45, 7) is 10.4. The summed E-state index contributed by atoms with van der Waals surface area (Å²) in [6.07, 6.45) is 5.56. The Kier molecular flexibility index (Phi) is 8.24. The summed E-state index contributed by atoms with van der Waals surface area (Å²) in [6, 6.07) is 8.79. The summed E-state index contributed by atoms with van der Waals surface area (Å²) in [5.41, 5.74) is 1.57. The zero-order valence-corrected chi connectivity index (χ0v) is 20.0. The molecule has 168 valence electrons. The highest BCUT2D eigenvalue weighted by Crippen LogP contribution is 2.24. The number of fused-ring (bicyclic) bond motifs is 1. The minimum atomic E-state index is -0.288. The maximum Gasteiger partial charge on any atom is 0.264 e. The number of nitrogens with zero attached hydrogens (tertiary/aromatic N) is 3. The molecule has 0 unspecified atom stereocenters. The second kappa shape index (κ2) is 10.9. The standard InChI is InChI=1S/C25H34FN3OS/c1-5-7-8-9-20-11-13-23(31-20)25(30)28(16-18(3)4)17-24-27-21-15-19(26)10-12-22(21)29(24)14-6-2/h10-13,15,18H,5-9,14,16-17H2,1-4H3. The predicted octanol–water partition coefficient (Wildman–Crippen LogP) is 6.68. The SMILES string of the molecule is CCCCCc1ccc(C(=O)N(Cc2nc3cc(F)ccc3n2CCC)CC(C)C)s1. The maximum absolute atomic E-state index is 13.7. The van der Waals surface area contributed by atoms with Crippen molar-refractivity contribution in [3.05, 3.63) is 51.7 Å². The Bertz CT molecular complexity index is 1010. The van der Waals surface area contributed by atoms with Gasteiger partial charge < -0.3 is 9.47 Å². The number of unbranched alkanes of at least 4 members (excludes halogenated alkanes) is 2. The Morgan fingerprint density at radius 3 is 2.68 bits per heavy atom. The first-order valence-corrected chi connectivity index (χ1v) is 12.3. The summed E-state index contributed by atoms with van der Waals surface area (Å²) in [5.74, 6) is 0.928. The second-order valence-electron chi connectivity index (χ2n) is 8.62. The quantitative estimate of drug-likeness (QED) is 0.310. The number of rotatable bonds is 11. The molecule has 0 N–H and O–H groups in total. The average molecular weight is 444 g/mol. The van der Waals surface area contributed by atoms with E-state index >= 15 is 0 Å². The number of hydrogen-bond acceptors (Lipinski definition) is 3. The smallest absolute Gasteiger partial charge is 0.264 e. The van der Waals surface area contributed by atoms with E-state index in [0.717, 1.165) is 42.0 Å². The van der Waals surface area contributed by atoms with Crippen LogP contribution in [-0.2, 0) is 19.5 Å². The number of thiophene rings is 1. The second-order valence-corrected chi connectivity index (χ2v) is 9.78. The normalized spacial score (nSPS) is 11.5. The van der Waals surface area contributed by atoms with Gasteiger partial charge in [0.1, 0.15) is 11.6 Å². The van der Waals surface area contributed by atoms with Crippen LogP contribution in [0.5, 0.6) is 0 Å². The number of halogens is 1. The molecule has 0 atom stereocenters. The molecule has 6 heteroatoms. The molecule has 2 heterocycles. The average Bonchev–Trinajstić information content (AvgIpc) is 3.32. The van der Waals surface area contributed by atoms with Crippen molar-refractivity contribution in [1.82, 2.24) is 14.5 Å². The number of aryl methyl sites for hydroxylation is 2. The first-order chi connectivity index (χ1) is 14.9. The third-order valence-electron chi connectivity index (χ3n) is 5.34. The molecule has 0 saturated carbocycles. The van der Waals surface area contributed by atoms with E-state index in [1.807, 2.05) is 11.0 Å². The van der Waals surface area contributed by atoms with Gasteiger partial charge in [-0.15, -0.1) is 11.3 Å². The summed E-state index contributed by atoms with van der Waals surface area (Å²) >= 11 is 1.61. The van der Waals surface area contributed by atoms with Crippen LogP contribution < -0.4 is 0 Å². The van der Waals surface area contributed by atoms with Crippen LogP contribution in [-0.4, -0.2) is 26.9 Å². The van der Waals surface area contributed by atoms with Gasteiger partial charge in [-0.05, 0) is 49.4 Å². The molecule has 0 bridgehead atoms. The molecule has 4 nitrogen and oxygen atoms in total. The maximum atomic E-state index is 13.7. The van der Waals surface area contributed by atoms with Gasteiger partial charge in [0.15, 0.2) is 0 Å². The van der Waals surface area contributed by atoms with E-state index in [2.05, 4.69) is 38.3 Å². The third kappa shape index (κ3) is 5.94. The molecule has 1 amide bonds. The van der Waals surface area contributed by atoms with Gasteiger partial charge in [-0.1, -0.05) is 40.5 Å². The monoisotopic (exact) mass is 443 g/mol. The van der Waals surface area contributed by atoms with Gasteiger partial charge >= 0.3 is 0 Å². The number of hydrogen-bond donors (Lipinski definition) is 0. The number of imidazole rings is 1. The van der Waals surface area contributed by atoms with E-state index in [-0.39, 0.29) is 11.7 Å². The molecule has 0 saturated heterocycles. The van der Waals surface area contributed by atoms with Crippen molar-refractivity contribution >= 4 is 28.3 Å². The van der Waals surface area contributed by atoms with Gasteiger partial charge in [0.05, 0.1) is 22.5 Å². The Balaban J connectivity index is 1.86. The predicted molar refractivity (Wildman–Crippen MR) is 127 cm³/mol. The fraction of sp³-hybridized carbons (Fsp3) is 0.520. The van der Waals surface area contributed by atoms with Gasteiger partial charge in [-0.25, -0.2) is 9.37 Å². The molecule has 0 radical (unpaired) electrons. The van der Waals surface area contributed by atoms with Crippen LogP contribution in [0.2, 0.25) is 0 Å². The summed E-state index contributed by atoms with van der Waals surface area (Å²) in [7, 11) is 0. The molecule has 2 aromatic heterocycles. The van der Waals surface area contributed by atoms with Crippen molar-refractivity contribution in [3.63, 3.8) is 0 Å². The topological polar surface area (TPSA) is 38.1 Å². The van der Waals surface area contributed by atoms with E-state index in [1.165, 1.54) is 29.9 Å². The van der Waals surface area contributed by atoms with Gasteiger partial charge in [0.2, 0.25) is 0 Å². The Hall–Kier alpha value is -2.21. The van der Waals surface area contributed by atoms with Gasteiger partial charge in [0, 0.05) is 24.0 Å². The van der Waals surface area contributed by atoms with Gasteiger partial charge in [-0.3, -0.25) is 4.79 Å². The summed E-state index contributed by atoms with van der Waals surface area (Å²) < 4.78 is 15.9. The lowest BCUT2D eigenvalue weighted by Gasteiger charge is -2.24. The minimum Gasteiger partial charge on any atom is -0.330 e. The van der Waals surface area contributed by atoms with Crippen molar-refractivity contribution in [1.29, 1.82) is 0 Å². The molecule has 0 fully saturated rings. The number of carbonyl (C=O) groups is 1. The van der Waals surface area contributed by atoms with Gasteiger partial charge in [0.25, 0.3) is 5.91 Å². The summed E-state index contributed by atoms with van der Waals surface area (Å²) in [4.78, 5) is 22.1. The largest absolute Gasteiger partial charge is 0.330 e. The number of carbonyl (C=O) groups excluding carboxylic acids is 1. The van der Waals surface area contributed by atoms with Crippen molar-refractivity contribution in [3.8, 4) is 0 Å². The highest BCUT2D eigenvalue weighted by Gasteiger charge is 2.22. The number of benzene rings is 1. The fourth-order valence-electron chi connectivity index (χ4n) is 3.91. The first-order valence-electron chi connectivity index (χ1n) is 11.5. The molecule has 31 heavy (non-hydrogen) atoms. The van der Waals surface area contributed by atoms with Crippen molar-refractivity contribution in [2.75, 3.05) is 6.54 Å². The molecule has 0 aliphatic carbocycles. The number of amides is 1. The lowest BCUT2D eigenvalue weighted by Crippen LogP contribution is -2.34. The highest BCUT2D eigenvalue weighted by molar-refractivity contribution is 7.14. The van der Waals surface area contributed by atoms with E-state index in [0.29, 0.717) is 24.5 Å². The van der Waals surface area contributed by atoms with Crippen LogP contribution in [0.15, 0.2) is 30.3 Å². The lowest BCUT2D eigenvalue weighted by molar-refractivity contribution is 0.0721. The number of aromatic nitrogens is 2. The Morgan fingerprint density at radius 1 is 1.16 bits per heavy atom. The third-order valence-corrected chi connectivity index (χ3v) is 6.47. The van der Waals surface area contributed by atoms with Crippen LogP contribution >= 0.6 is 11.3 Å². The molecule has 3 aromatic rings. The minimum absolute atomic E-state index is 0.0572. The van der Waals surface area contributed by atoms with Crippen LogP contribution in [0, 0.1) is 11.7 Å². The molecular formula is C25H34FN3OS. The first kappa shape index (κ1) is 23.5. The molecule has 3 rings (SSSR count). The van der Waals surface area contributed by atoms with Crippen molar-refractivity contribution in [2.24, 2.45) is 5.92 Å². The summed E-state index contributed by atoms with van der Waals surface area (Å²) in [5, 5.41) is 0. The van der Waals surface area contributed by atoms with E-state index in [9.17, 15) is 9.18 Å². The van der Waals surface area contributed by atoms with Crippen LogP contribution in [0.3, 0.4) is 0 Å². The lowest BCUT2D eigenvalue weighted by atomic mass is 10.2. The fourth-order valence-corrected chi connectivity index (χ4v) is 4.93. The zero-order valence-electron chi connectivity index (χ0n) is 19.2. The molecular weight excluding hydrogens is 409 g/mol. The van der Waals surface area contributed by atoms with Gasteiger partial charge in [-0.2, -0.15) is 0 Å². The van der Waals surface area contributed by atoms with Crippen LogP contribution in [0.1, 0.15) is 73.8 Å². The zero-order chi connectivity index (χ0) is 22.4. The molecule has 0 spiro atoms. The van der Waals surface area contributed by atoms with Crippen molar-refractivity contribution in [2.45, 2.75) is 72.9 Å². The van der Waals surface area contributed by atoms with Crippen LogP contribution in [0.25, 0.3) is 11.0 Å².